The Labute approximate surface area is 238 Å². The number of rotatable bonds is 12. The minimum atomic E-state index is -0.517. The summed E-state index contributed by atoms with van der Waals surface area (Å²) in [6.45, 7) is 13.2. The van der Waals surface area contributed by atoms with Crippen molar-refractivity contribution in [3.05, 3.63) is 47.7 Å². The molecule has 218 valence electrons. The Morgan fingerprint density at radius 2 is 1.93 bits per heavy atom. The summed E-state index contributed by atoms with van der Waals surface area (Å²) in [6, 6.07) is 8.76. The van der Waals surface area contributed by atoms with E-state index < -0.39 is 18.2 Å². The van der Waals surface area contributed by atoms with Gasteiger partial charge in [-0.2, -0.15) is 0 Å². The molecule has 1 aromatic carbocycles. The Balaban J connectivity index is 1.66. The highest BCUT2D eigenvalue weighted by Crippen LogP contribution is 2.24. The number of carbonyl (C=O) groups is 3. The van der Waals surface area contributed by atoms with Crippen molar-refractivity contribution in [1.82, 2.24) is 26.1 Å². The highest BCUT2D eigenvalue weighted by Gasteiger charge is 2.27. The van der Waals surface area contributed by atoms with Crippen LogP contribution in [0.25, 0.3) is 17.0 Å². The van der Waals surface area contributed by atoms with Crippen molar-refractivity contribution in [2.24, 2.45) is 11.3 Å². The summed E-state index contributed by atoms with van der Waals surface area (Å²) in [4.78, 5) is 41.0. The summed E-state index contributed by atoms with van der Waals surface area (Å²) in [7, 11) is 1.93. The van der Waals surface area contributed by atoms with Crippen molar-refractivity contribution in [3.8, 4) is 0 Å². The molecule has 9 heteroatoms. The molecule has 0 bridgehead atoms. The molecule has 3 N–H and O–H groups in total. The number of nitrogens with one attached hydrogen (secondary N) is 3. The van der Waals surface area contributed by atoms with Crippen molar-refractivity contribution in [3.63, 3.8) is 0 Å². The summed E-state index contributed by atoms with van der Waals surface area (Å²) in [6.07, 6.45) is 6.15. The fraction of sp³-hybridized carbons (Fsp3) is 0.548. The zero-order valence-electron chi connectivity index (χ0n) is 24.9. The van der Waals surface area contributed by atoms with Crippen LogP contribution in [0.15, 0.2) is 36.4 Å². The summed E-state index contributed by atoms with van der Waals surface area (Å²) in [5.41, 5.74) is 5.46. The van der Waals surface area contributed by atoms with Crippen LogP contribution in [0.4, 0.5) is 0 Å². The smallest absolute Gasteiger partial charge is 0.325 e. The second-order valence-electron chi connectivity index (χ2n) is 11.9. The van der Waals surface area contributed by atoms with Gasteiger partial charge in [-0.1, -0.05) is 58.0 Å². The van der Waals surface area contributed by atoms with Crippen molar-refractivity contribution < 1.29 is 19.1 Å². The Morgan fingerprint density at radius 1 is 1.20 bits per heavy atom. The van der Waals surface area contributed by atoms with E-state index >= 15 is 0 Å². The van der Waals surface area contributed by atoms with E-state index in [1.165, 1.54) is 0 Å². The molecule has 2 aromatic rings. The van der Waals surface area contributed by atoms with E-state index in [0.29, 0.717) is 12.2 Å². The molecule has 9 nitrogen and oxygen atoms in total. The Morgan fingerprint density at radius 3 is 2.60 bits per heavy atom. The first-order chi connectivity index (χ1) is 18.9. The largest absolute Gasteiger partial charge is 0.455 e. The Kier molecular flexibility index (Phi) is 11.0. The molecule has 0 saturated carbocycles. The fourth-order valence-electron chi connectivity index (χ4n) is 4.63. The third-order valence-electron chi connectivity index (χ3n) is 7.12. The number of carbonyl (C=O) groups excluding carboxylic acids is 3. The molecule has 4 atom stereocenters. The van der Waals surface area contributed by atoms with Crippen LogP contribution in [0.3, 0.4) is 0 Å². The first kappa shape index (κ1) is 31.4. The number of aromatic nitrogens is 1. The van der Waals surface area contributed by atoms with E-state index in [9.17, 15) is 14.4 Å². The molecule has 1 amide bonds. The number of hydrogen-bond donors (Lipinski definition) is 3. The Hall–Kier alpha value is -3.14. The minimum absolute atomic E-state index is 0.0707. The number of ether oxygens (including phenoxy) is 1. The highest BCUT2D eigenvalue weighted by molar-refractivity contribution is 5.84. The summed E-state index contributed by atoms with van der Waals surface area (Å²) < 4.78 is 5.75. The number of hydrazine groups is 1. The van der Waals surface area contributed by atoms with Crippen LogP contribution in [0.5, 0.6) is 0 Å². The number of esters is 1. The van der Waals surface area contributed by atoms with Gasteiger partial charge in [0.05, 0.1) is 23.3 Å². The second-order valence-corrected chi connectivity index (χ2v) is 11.9. The number of pyridine rings is 1. The van der Waals surface area contributed by atoms with Gasteiger partial charge in [-0.15, -0.1) is 0 Å². The van der Waals surface area contributed by atoms with Gasteiger partial charge in [0.1, 0.15) is 18.4 Å². The molecule has 1 aliphatic heterocycles. The average molecular weight is 552 g/mol. The van der Waals surface area contributed by atoms with E-state index in [2.05, 4.69) is 42.1 Å². The van der Waals surface area contributed by atoms with Gasteiger partial charge in [-0.3, -0.25) is 9.59 Å². The summed E-state index contributed by atoms with van der Waals surface area (Å²) in [5, 5.41) is 9.05. The number of nitrogens with zero attached hydrogens (tertiary/aromatic N) is 2. The predicted octanol–water partition coefficient (Wildman–Crippen LogP) is 3.80. The maximum Gasteiger partial charge on any atom is 0.325 e. The standard InChI is InChI=1S/C31H45N5O4/c1-20(2)28(29(38)33-21(3)18-37)32-19-31(5,6)15-14-23-10-11-24-12-13-25(34-27(24)17-23)22(4)40-30(39)26-9-8-16-36(7)35-26/h10-15,17-18,20-22,26,28,32,35H,8-9,16,19H2,1-7H3,(H,33,38)/b15-14+/t21?,22-,26?,28?/m1/s1. The van der Waals surface area contributed by atoms with Crippen LogP contribution >= 0.6 is 0 Å². The lowest BCUT2D eigenvalue weighted by Crippen LogP contribution is -2.51. The molecule has 0 spiro atoms. The normalized spacial score (nSPS) is 18.9. The van der Waals surface area contributed by atoms with Gasteiger partial charge in [0, 0.05) is 25.5 Å². The van der Waals surface area contributed by atoms with E-state index in [1.807, 2.05) is 63.2 Å². The zero-order chi connectivity index (χ0) is 29.4. The van der Waals surface area contributed by atoms with Gasteiger partial charge in [-0.05, 0) is 55.7 Å². The third-order valence-corrected chi connectivity index (χ3v) is 7.12. The van der Waals surface area contributed by atoms with E-state index in [1.54, 1.807) is 6.92 Å². The fourth-order valence-corrected chi connectivity index (χ4v) is 4.63. The predicted molar refractivity (Wildman–Crippen MR) is 158 cm³/mol. The molecular weight excluding hydrogens is 506 g/mol. The number of fused-ring (bicyclic) bond motifs is 1. The topological polar surface area (TPSA) is 113 Å². The molecule has 3 rings (SSSR count). The van der Waals surface area contributed by atoms with Gasteiger partial charge in [0.15, 0.2) is 0 Å². The molecule has 1 aromatic heterocycles. The van der Waals surface area contributed by atoms with Crippen molar-refractivity contribution in [2.75, 3.05) is 20.1 Å². The lowest BCUT2D eigenvalue weighted by molar-refractivity contribution is -0.154. The molecule has 1 saturated heterocycles. The minimum Gasteiger partial charge on any atom is -0.455 e. The first-order valence-electron chi connectivity index (χ1n) is 14.2. The molecule has 0 radical (unpaired) electrons. The molecule has 1 fully saturated rings. The van der Waals surface area contributed by atoms with E-state index in [4.69, 9.17) is 9.72 Å². The molecular formula is C31H45N5O4. The van der Waals surface area contributed by atoms with Crippen LogP contribution < -0.4 is 16.1 Å². The number of benzene rings is 1. The lowest BCUT2D eigenvalue weighted by Gasteiger charge is -2.30. The summed E-state index contributed by atoms with van der Waals surface area (Å²) in [5.74, 6) is -0.363. The molecule has 3 unspecified atom stereocenters. The highest BCUT2D eigenvalue weighted by atomic mass is 16.5. The quantitative estimate of drug-likeness (QED) is 0.270. The van der Waals surface area contributed by atoms with Gasteiger partial charge in [0.25, 0.3) is 0 Å². The molecule has 2 heterocycles. The molecule has 0 aliphatic carbocycles. The molecule has 1 aliphatic rings. The van der Waals surface area contributed by atoms with E-state index in [0.717, 1.165) is 42.1 Å². The zero-order valence-corrected chi connectivity index (χ0v) is 24.9. The van der Waals surface area contributed by atoms with Gasteiger partial charge in [-0.25, -0.2) is 15.4 Å². The maximum absolute atomic E-state index is 12.7. The monoisotopic (exact) mass is 551 g/mol. The third kappa shape index (κ3) is 8.94. The van der Waals surface area contributed by atoms with Crippen LogP contribution in [-0.2, 0) is 19.1 Å². The van der Waals surface area contributed by atoms with Crippen molar-refractivity contribution in [1.29, 1.82) is 0 Å². The van der Waals surface area contributed by atoms with Gasteiger partial charge >= 0.3 is 5.97 Å². The second kappa shape index (κ2) is 14.0. The Bertz CT molecular complexity index is 1210. The van der Waals surface area contributed by atoms with Gasteiger partial charge < -0.3 is 20.2 Å². The van der Waals surface area contributed by atoms with Crippen LogP contribution in [0.2, 0.25) is 0 Å². The number of hydrogen-bond acceptors (Lipinski definition) is 8. The number of aldehydes is 1. The van der Waals surface area contributed by atoms with Gasteiger partial charge in [0.2, 0.25) is 5.91 Å². The van der Waals surface area contributed by atoms with E-state index in [-0.39, 0.29) is 29.3 Å². The average Bonchev–Trinajstić information content (AvgIpc) is 2.91. The lowest BCUT2D eigenvalue weighted by atomic mass is 9.90. The SMILES string of the molecule is CC(C=O)NC(=O)C(NCC(C)(C)/C=C/c1ccc2ccc([C@@H](C)OC(=O)C3CCCN(C)N3)nc2c1)C(C)C. The first-order valence-corrected chi connectivity index (χ1v) is 14.2. The van der Waals surface area contributed by atoms with Crippen LogP contribution in [0, 0.1) is 11.3 Å². The van der Waals surface area contributed by atoms with Crippen molar-refractivity contribution >= 4 is 35.1 Å². The molecule has 40 heavy (non-hydrogen) atoms. The van der Waals surface area contributed by atoms with Crippen LogP contribution in [0.1, 0.15) is 71.7 Å². The maximum atomic E-state index is 12.7. The summed E-state index contributed by atoms with van der Waals surface area (Å²) >= 11 is 0. The number of amides is 1. The van der Waals surface area contributed by atoms with Crippen LogP contribution in [-0.4, -0.2) is 66.4 Å². The van der Waals surface area contributed by atoms with Crippen molar-refractivity contribution in [2.45, 2.75) is 78.6 Å².